The van der Waals surface area contributed by atoms with Crippen LogP contribution in [0.25, 0.3) is 22.4 Å². The number of pyridine rings is 1. The summed E-state index contributed by atoms with van der Waals surface area (Å²) in [6, 6.07) is 12.2. The Labute approximate surface area is 122 Å². The zero-order valence-corrected chi connectivity index (χ0v) is 11.6. The highest BCUT2D eigenvalue weighted by atomic mass is 35.5. The minimum absolute atomic E-state index is 0. The van der Waals surface area contributed by atoms with Crippen LogP contribution in [0.15, 0.2) is 36.4 Å². The Morgan fingerprint density at radius 3 is 2.90 bits per heavy atom. The van der Waals surface area contributed by atoms with E-state index < -0.39 is 0 Å². The maximum absolute atomic E-state index is 4.68. The average molecular weight is 288 g/mol. The van der Waals surface area contributed by atoms with E-state index in [2.05, 4.69) is 37.2 Å². The number of hydrogen-bond acceptors (Lipinski definition) is 4. The van der Waals surface area contributed by atoms with Crippen LogP contribution in [0.3, 0.4) is 0 Å². The van der Waals surface area contributed by atoms with Crippen molar-refractivity contribution in [2.45, 2.75) is 13.1 Å². The molecule has 3 aromatic rings. The number of rotatable bonds is 1. The monoisotopic (exact) mass is 287 g/mol. The molecule has 0 radical (unpaired) electrons. The van der Waals surface area contributed by atoms with E-state index in [1.807, 2.05) is 24.3 Å². The summed E-state index contributed by atoms with van der Waals surface area (Å²) >= 11 is 0. The van der Waals surface area contributed by atoms with Crippen LogP contribution in [0, 0.1) is 0 Å². The van der Waals surface area contributed by atoms with Crippen LogP contribution in [0.1, 0.15) is 5.82 Å². The second-order valence-electron chi connectivity index (χ2n) is 4.66. The van der Waals surface area contributed by atoms with E-state index >= 15 is 0 Å². The van der Waals surface area contributed by atoms with Crippen molar-refractivity contribution in [3.8, 4) is 11.5 Å². The molecule has 20 heavy (non-hydrogen) atoms. The molecule has 1 aliphatic heterocycles. The molecule has 0 saturated heterocycles. The molecule has 0 amide bonds. The van der Waals surface area contributed by atoms with E-state index in [0.717, 1.165) is 47.9 Å². The van der Waals surface area contributed by atoms with Gasteiger partial charge in [0, 0.05) is 18.5 Å². The van der Waals surface area contributed by atoms with Gasteiger partial charge in [0.2, 0.25) is 0 Å². The Kier molecular flexibility index (Phi) is 3.38. The van der Waals surface area contributed by atoms with E-state index in [4.69, 9.17) is 0 Å². The normalized spacial score (nSPS) is 13.8. The lowest BCUT2D eigenvalue weighted by molar-refractivity contribution is 0.508. The predicted molar refractivity (Wildman–Crippen MR) is 79.7 cm³/mol. The molecule has 0 aliphatic carbocycles. The van der Waals surface area contributed by atoms with Crippen molar-refractivity contribution >= 4 is 23.3 Å². The summed E-state index contributed by atoms with van der Waals surface area (Å²) in [4.78, 5) is 4.68. The molecule has 102 valence electrons. The van der Waals surface area contributed by atoms with Crippen molar-refractivity contribution in [3.63, 3.8) is 0 Å². The number of aromatic nitrogens is 4. The van der Waals surface area contributed by atoms with Crippen LogP contribution in [0.5, 0.6) is 0 Å². The Bertz CT molecular complexity index is 752. The summed E-state index contributed by atoms with van der Waals surface area (Å²) in [6.45, 7) is 2.62. The minimum atomic E-state index is 0. The molecule has 0 bridgehead atoms. The number of benzene rings is 1. The van der Waals surface area contributed by atoms with Gasteiger partial charge in [-0.25, -0.2) is 4.98 Å². The molecule has 0 fully saturated rings. The fraction of sp³-hybridized carbons (Fsp3) is 0.214. The molecular weight excluding hydrogens is 274 g/mol. The van der Waals surface area contributed by atoms with Gasteiger partial charge in [0.05, 0.1) is 12.1 Å². The summed E-state index contributed by atoms with van der Waals surface area (Å²) in [6.07, 6.45) is 0. The molecule has 4 rings (SSSR count). The zero-order valence-electron chi connectivity index (χ0n) is 10.8. The molecule has 1 aromatic carbocycles. The van der Waals surface area contributed by atoms with Gasteiger partial charge in [-0.3, -0.25) is 0 Å². The van der Waals surface area contributed by atoms with Gasteiger partial charge in [0.25, 0.3) is 0 Å². The summed E-state index contributed by atoms with van der Waals surface area (Å²) in [5, 5.41) is 12.9. The SMILES string of the molecule is Cl.c1ccc2nc(-c3nnc4n3CCNC4)ccc2c1. The number of hydrogen-bond donors (Lipinski definition) is 1. The third-order valence-electron chi connectivity index (χ3n) is 3.45. The van der Waals surface area contributed by atoms with E-state index in [0.29, 0.717) is 0 Å². The Morgan fingerprint density at radius 2 is 1.95 bits per heavy atom. The van der Waals surface area contributed by atoms with Crippen LogP contribution in [0.4, 0.5) is 0 Å². The van der Waals surface area contributed by atoms with Crippen LogP contribution in [-0.4, -0.2) is 26.3 Å². The first-order valence-electron chi connectivity index (χ1n) is 6.41. The minimum Gasteiger partial charge on any atom is -0.308 e. The van der Waals surface area contributed by atoms with Crippen LogP contribution in [0.2, 0.25) is 0 Å². The van der Waals surface area contributed by atoms with Crippen molar-refractivity contribution in [3.05, 3.63) is 42.2 Å². The molecule has 5 nitrogen and oxygen atoms in total. The zero-order chi connectivity index (χ0) is 12.7. The molecule has 1 aliphatic rings. The Morgan fingerprint density at radius 1 is 1.05 bits per heavy atom. The van der Waals surface area contributed by atoms with Crippen molar-refractivity contribution < 1.29 is 0 Å². The van der Waals surface area contributed by atoms with Crippen molar-refractivity contribution in [2.75, 3.05) is 6.54 Å². The first-order chi connectivity index (χ1) is 9.42. The van der Waals surface area contributed by atoms with E-state index in [1.54, 1.807) is 0 Å². The van der Waals surface area contributed by atoms with Gasteiger partial charge >= 0.3 is 0 Å². The first kappa shape index (κ1) is 13.0. The topological polar surface area (TPSA) is 55.6 Å². The number of para-hydroxylation sites is 1. The number of nitrogens with one attached hydrogen (secondary N) is 1. The maximum atomic E-state index is 4.68. The molecule has 3 heterocycles. The second-order valence-corrected chi connectivity index (χ2v) is 4.66. The third-order valence-corrected chi connectivity index (χ3v) is 3.45. The fourth-order valence-electron chi connectivity index (χ4n) is 2.47. The van der Waals surface area contributed by atoms with Crippen molar-refractivity contribution in [1.29, 1.82) is 0 Å². The Balaban J connectivity index is 0.00000121. The highest BCUT2D eigenvalue weighted by Crippen LogP contribution is 2.21. The lowest BCUT2D eigenvalue weighted by Crippen LogP contribution is -2.28. The van der Waals surface area contributed by atoms with E-state index in [-0.39, 0.29) is 12.4 Å². The molecule has 0 saturated carbocycles. The molecule has 0 atom stereocenters. The second kappa shape index (κ2) is 5.19. The van der Waals surface area contributed by atoms with Crippen molar-refractivity contribution in [2.24, 2.45) is 0 Å². The predicted octanol–water partition coefficient (Wildman–Crippen LogP) is 2.02. The molecule has 6 heteroatoms. The maximum Gasteiger partial charge on any atom is 0.182 e. The molecule has 0 spiro atoms. The number of nitrogens with zero attached hydrogens (tertiary/aromatic N) is 4. The average Bonchev–Trinajstić information content (AvgIpc) is 2.91. The Hall–Kier alpha value is -1.98. The quantitative estimate of drug-likeness (QED) is 0.744. The molecule has 2 aromatic heterocycles. The van der Waals surface area contributed by atoms with Gasteiger partial charge in [-0.2, -0.15) is 0 Å². The van der Waals surface area contributed by atoms with Crippen LogP contribution in [-0.2, 0) is 13.1 Å². The smallest absolute Gasteiger partial charge is 0.182 e. The van der Waals surface area contributed by atoms with Crippen LogP contribution < -0.4 is 5.32 Å². The summed E-state index contributed by atoms with van der Waals surface area (Å²) in [5.74, 6) is 1.85. The largest absolute Gasteiger partial charge is 0.308 e. The van der Waals surface area contributed by atoms with Gasteiger partial charge in [-0.1, -0.05) is 24.3 Å². The number of fused-ring (bicyclic) bond motifs is 2. The molecule has 0 unspecified atom stereocenters. The third kappa shape index (κ3) is 2.05. The summed E-state index contributed by atoms with van der Waals surface area (Å²) < 4.78 is 2.15. The van der Waals surface area contributed by atoms with Gasteiger partial charge in [-0.15, -0.1) is 22.6 Å². The first-order valence-corrected chi connectivity index (χ1v) is 6.41. The van der Waals surface area contributed by atoms with Gasteiger partial charge in [-0.05, 0) is 12.1 Å². The van der Waals surface area contributed by atoms with Crippen LogP contribution >= 0.6 is 12.4 Å². The molecule has 1 N–H and O–H groups in total. The van der Waals surface area contributed by atoms with E-state index in [1.165, 1.54) is 0 Å². The van der Waals surface area contributed by atoms with Gasteiger partial charge in [0.1, 0.15) is 11.5 Å². The highest BCUT2D eigenvalue weighted by molar-refractivity contribution is 5.85. The van der Waals surface area contributed by atoms with Gasteiger partial charge < -0.3 is 9.88 Å². The lowest BCUT2D eigenvalue weighted by Gasteiger charge is -2.15. The number of halogens is 1. The van der Waals surface area contributed by atoms with E-state index in [9.17, 15) is 0 Å². The summed E-state index contributed by atoms with van der Waals surface area (Å²) in [7, 11) is 0. The highest BCUT2D eigenvalue weighted by Gasteiger charge is 2.17. The van der Waals surface area contributed by atoms with Gasteiger partial charge in [0.15, 0.2) is 5.82 Å². The fourth-order valence-corrected chi connectivity index (χ4v) is 2.47. The lowest BCUT2D eigenvalue weighted by atomic mass is 10.2. The standard InChI is InChI=1S/C14H13N5.ClH/c1-2-4-11-10(3-1)5-6-12(16-11)14-18-17-13-9-15-7-8-19(13)14;/h1-6,15H,7-9H2;1H. The summed E-state index contributed by atoms with van der Waals surface area (Å²) in [5.41, 5.74) is 1.88. The molecular formula is C14H14ClN5. The van der Waals surface area contributed by atoms with Crippen molar-refractivity contribution in [1.82, 2.24) is 25.1 Å².